The standard InChI is InChI=1S/C21H24N2O5/c1-15-5-6-18(12-22-15)28-13-16-3-2-4-17(11-16)19(24)23-14-21(20(25)26)7-9-27-10-8-21/h2-6,11-12H,7-10,13-14H2,1H3,(H,23,24)(H,25,26). The van der Waals surface area contributed by atoms with E-state index in [2.05, 4.69) is 10.3 Å². The minimum atomic E-state index is -0.965. The minimum absolute atomic E-state index is 0.0836. The number of nitrogens with zero attached hydrogens (tertiary/aromatic N) is 1. The highest BCUT2D eigenvalue weighted by molar-refractivity contribution is 5.94. The molecule has 0 radical (unpaired) electrons. The molecule has 148 valence electrons. The zero-order valence-corrected chi connectivity index (χ0v) is 15.8. The molecule has 1 aromatic heterocycles. The molecule has 1 saturated heterocycles. The van der Waals surface area contributed by atoms with Crippen LogP contribution in [0.15, 0.2) is 42.6 Å². The second-order valence-corrected chi connectivity index (χ2v) is 7.00. The number of carboxylic acid groups (broad SMARTS) is 1. The number of aromatic nitrogens is 1. The van der Waals surface area contributed by atoms with Crippen LogP contribution in [0.3, 0.4) is 0 Å². The Balaban J connectivity index is 1.60. The first kappa shape index (κ1) is 19.8. The molecule has 1 aliphatic heterocycles. The SMILES string of the molecule is Cc1ccc(OCc2cccc(C(=O)NCC3(C(=O)O)CCOCC3)c2)cn1. The molecule has 7 nitrogen and oxygen atoms in total. The number of hydrogen-bond donors (Lipinski definition) is 2. The van der Waals surface area contributed by atoms with Gasteiger partial charge in [-0.25, -0.2) is 0 Å². The van der Waals surface area contributed by atoms with Gasteiger partial charge in [0, 0.05) is 31.0 Å². The quantitative estimate of drug-likeness (QED) is 0.761. The number of carbonyl (C=O) groups excluding carboxylic acids is 1. The van der Waals surface area contributed by atoms with Crippen molar-refractivity contribution < 1.29 is 24.2 Å². The van der Waals surface area contributed by atoms with Crippen molar-refractivity contribution in [1.82, 2.24) is 10.3 Å². The Bertz CT molecular complexity index is 829. The van der Waals surface area contributed by atoms with E-state index in [1.54, 1.807) is 24.4 Å². The molecule has 1 aliphatic rings. The summed E-state index contributed by atoms with van der Waals surface area (Å²) in [6, 6.07) is 10.8. The van der Waals surface area contributed by atoms with E-state index >= 15 is 0 Å². The molecular formula is C21H24N2O5. The molecule has 0 spiro atoms. The van der Waals surface area contributed by atoms with Gasteiger partial charge in [0.25, 0.3) is 5.91 Å². The van der Waals surface area contributed by atoms with Crippen molar-refractivity contribution in [3.63, 3.8) is 0 Å². The Morgan fingerprint density at radius 1 is 1.25 bits per heavy atom. The molecule has 0 bridgehead atoms. The van der Waals surface area contributed by atoms with Crippen LogP contribution < -0.4 is 10.1 Å². The molecule has 1 aromatic carbocycles. The Kier molecular flexibility index (Phi) is 6.26. The zero-order chi connectivity index (χ0) is 20.0. The fourth-order valence-corrected chi connectivity index (χ4v) is 3.09. The first-order valence-electron chi connectivity index (χ1n) is 9.22. The minimum Gasteiger partial charge on any atom is -0.487 e. The Morgan fingerprint density at radius 2 is 2.04 bits per heavy atom. The van der Waals surface area contributed by atoms with Crippen molar-refractivity contribution in [2.24, 2.45) is 5.41 Å². The number of nitrogens with one attached hydrogen (secondary N) is 1. The van der Waals surface area contributed by atoms with Crippen molar-refractivity contribution in [2.45, 2.75) is 26.4 Å². The maximum atomic E-state index is 12.5. The number of hydrogen-bond acceptors (Lipinski definition) is 5. The van der Waals surface area contributed by atoms with Gasteiger partial charge in [-0.15, -0.1) is 0 Å². The second-order valence-electron chi connectivity index (χ2n) is 7.00. The summed E-state index contributed by atoms with van der Waals surface area (Å²) in [4.78, 5) is 28.4. The molecule has 0 atom stereocenters. The van der Waals surface area contributed by atoms with Gasteiger partial charge >= 0.3 is 5.97 Å². The summed E-state index contributed by atoms with van der Waals surface area (Å²) < 4.78 is 11.0. The van der Waals surface area contributed by atoms with E-state index in [4.69, 9.17) is 9.47 Å². The van der Waals surface area contributed by atoms with E-state index in [9.17, 15) is 14.7 Å². The van der Waals surface area contributed by atoms with Crippen molar-refractivity contribution in [1.29, 1.82) is 0 Å². The molecule has 2 N–H and O–H groups in total. The molecule has 28 heavy (non-hydrogen) atoms. The summed E-state index contributed by atoms with van der Waals surface area (Å²) in [7, 11) is 0. The highest BCUT2D eigenvalue weighted by atomic mass is 16.5. The summed E-state index contributed by atoms with van der Waals surface area (Å²) >= 11 is 0. The van der Waals surface area contributed by atoms with Gasteiger partial charge in [-0.05, 0) is 49.6 Å². The first-order valence-corrected chi connectivity index (χ1v) is 9.22. The second kappa shape index (κ2) is 8.84. The molecule has 3 rings (SSSR count). The van der Waals surface area contributed by atoms with Crippen LogP contribution in [0.5, 0.6) is 5.75 Å². The lowest BCUT2D eigenvalue weighted by atomic mass is 9.80. The number of aliphatic carboxylic acids is 1. The van der Waals surface area contributed by atoms with Gasteiger partial charge in [0.1, 0.15) is 12.4 Å². The highest BCUT2D eigenvalue weighted by Crippen LogP contribution is 2.30. The first-order chi connectivity index (χ1) is 13.5. The molecule has 2 aromatic rings. The average molecular weight is 384 g/mol. The lowest BCUT2D eigenvalue weighted by Gasteiger charge is -2.33. The van der Waals surface area contributed by atoms with E-state index in [-0.39, 0.29) is 12.5 Å². The number of rotatable bonds is 7. The van der Waals surface area contributed by atoms with Gasteiger partial charge in [0.05, 0.1) is 11.6 Å². The molecule has 0 saturated carbocycles. The summed E-state index contributed by atoms with van der Waals surface area (Å²) in [6.07, 6.45) is 2.44. The molecular weight excluding hydrogens is 360 g/mol. The van der Waals surface area contributed by atoms with Gasteiger partial charge in [-0.3, -0.25) is 14.6 Å². The molecule has 1 amide bonds. The largest absolute Gasteiger partial charge is 0.487 e. The van der Waals surface area contributed by atoms with E-state index in [1.807, 2.05) is 25.1 Å². The number of amides is 1. The number of carboxylic acids is 1. The van der Waals surface area contributed by atoms with Gasteiger partial charge in [-0.2, -0.15) is 0 Å². The monoisotopic (exact) mass is 384 g/mol. The summed E-state index contributed by atoms with van der Waals surface area (Å²) in [5.41, 5.74) is 1.25. The predicted molar refractivity (Wildman–Crippen MR) is 102 cm³/mol. The van der Waals surface area contributed by atoms with Crippen LogP contribution in [0.1, 0.15) is 34.5 Å². The number of pyridine rings is 1. The van der Waals surface area contributed by atoms with Crippen molar-refractivity contribution in [2.75, 3.05) is 19.8 Å². The van der Waals surface area contributed by atoms with Gasteiger partial charge in [-0.1, -0.05) is 12.1 Å². The molecule has 0 unspecified atom stereocenters. The van der Waals surface area contributed by atoms with E-state index in [0.717, 1.165) is 11.3 Å². The van der Waals surface area contributed by atoms with Crippen LogP contribution in [-0.2, 0) is 16.1 Å². The predicted octanol–water partition coefficient (Wildman–Crippen LogP) is 2.58. The van der Waals surface area contributed by atoms with Crippen molar-refractivity contribution in [3.8, 4) is 5.75 Å². The molecule has 2 heterocycles. The van der Waals surface area contributed by atoms with Crippen LogP contribution in [0, 0.1) is 12.3 Å². The third-order valence-corrected chi connectivity index (χ3v) is 4.97. The van der Waals surface area contributed by atoms with Crippen LogP contribution in [-0.4, -0.2) is 41.7 Å². The fraction of sp³-hybridized carbons (Fsp3) is 0.381. The van der Waals surface area contributed by atoms with Crippen molar-refractivity contribution >= 4 is 11.9 Å². The summed E-state index contributed by atoms with van der Waals surface area (Å²) in [5, 5.41) is 12.4. The van der Waals surface area contributed by atoms with Gasteiger partial charge in [0.2, 0.25) is 0 Å². The zero-order valence-electron chi connectivity index (χ0n) is 15.8. The van der Waals surface area contributed by atoms with Gasteiger partial charge < -0.3 is 19.9 Å². The lowest BCUT2D eigenvalue weighted by molar-refractivity contribution is -0.154. The number of carbonyl (C=O) groups is 2. The van der Waals surface area contributed by atoms with E-state index in [0.29, 0.717) is 44.0 Å². The Hall–Kier alpha value is -2.93. The van der Waals surface area contributed by atoms with Crippen LogP contribution in [0.25, 0.3) is 0 Å². The number of ether oxygens (including phenoxy) is 2. The van der Waals surface area contributed by atoms with Crippen LogP contribution >= 0.6 is 0 Å². The van der Waals surface area contributed by atoms with Crippen LogP contribution in [0.4, 0.5) is 0 Å². The average Bonchev–Trinajstić information content (AvgIpc) is 2.72. The Labute approximate surface area is 163 Å². The number of aryl methyl sites for hydroxylation is 1. The molecule has 1 fully saturated rings. The van der Waals surface area contributed by atoms with Gasteiger partial charge in [0.15, 0.2) is 0 Å². The van der Waals surface area contributed by atoms with E-state index in [1.165, 1.54) is 0 Å². The normalized spacial score (nSPS) is 15.6. The van der Waals surface area contributed by atoms with E-state index < -0.39 is 11.4 Å². The highest BCUT2D eigenvalue weighted by Gasteiger charge is 2.40. The summed E-state index contributed by atoms with van der Waals surface area (Å²) in [6.45, 7) is 3.08. The molecule has 0 aliphatic carbocycles. The van der Waals surface area contributed by atoms with Crippen LogP contribution in [0.2, 0.25) is 0 Å². The fourth-order valence-electron chi connectivity index (χ4n) is 3.09. The molecule has 7 heteroatoms. The Morgan fingerprint density at radius 3 is 2.71 bits per heavy atom. The third kappa shape index (κ3) is 4.86. The maximum absolute atomic E-state index is 12.5. The maximum Gasteiger partial charge on any atom is 0.311 e. The third-order valence-electron chi connectivity index (χ3n) is 4.97. The summed E-state index contributed by atoms with van der Waals surface area (Å²) in [5.74, 6) is -0.542. The number of benzene rings is 1. The topological polar surface area (TPSA) is 97.8 Å². The van der Waals surface area contributed by atoms with Crippen molar-refractivity contribution in [3.05, 3.63) is 59.4 Å². The smallest absolute Gasteiger partial charge is 0.311 e. The lowest BCUT2D eigenvalue weighted by Crippen LogP contribution is -2.46.